The molecule has 1 fully saturated rings. The Morgan fingerprint density at radius 1 is 1.16 bits per heavy atom. The summed E-state index contributed by atoms with van der Waals surface area (Å²) >= 11 is 15.3. The summed E-state index contributed by atoms with van der Waals surface area (Å²) in [6.07, 6.45) is 2.23. The van der Waals surface area contributed by atoms with Crippen LogP contribution in [0.3, 0.4) is 0 Å². The molecule has 1 saturated carbocycles. The van der Waals surface area contributed by atoms with Crippen molar-refractivity contribution in [2.45, 2.75) is 18.8 Å². The molecule has 1 heterocycles. The molecule has 0 amide bonds. The highest BCUT2D eigenvalue weighted by Gasteiger charge is 2.27. The van der Waals surface area contributed by atoms with Crippen LogP contribution in [0.2, 0.25) is 10.2 Å². The molecule has 19 heavy (non-hydrogen) atoms. The Morgan fingerprint density at radius 3 is 2.63 bits per heavy atom. The van der Waals surface area contributed by atoms with E-state index < -0.39 is 0 Å². The fourth-order valence-electron chi connectivity index (χ4n) is 1.66. The maximum atomic E-state index is 5.99. The molecule has 0 bridgehead atoms. The van der Waals surface area contributed by atoms with E-state index in [4.69, 9.17) is 27.9 Å². The molecule has 0 spiro atoms. The van der Waals surface area contributed by atoms with Gasteiger partial charge < -0.3 is 4.74 Å². The van der Waals surface area contributed by atoms with Crippen molar-refractivity contribution in [3.05, 3.63) is 44.7 Å². The quantitative estimate of drug-likeness (QED) is 0.705. The number of aromatic nitrogens is 2. The van der Waals surface area contributed by atoms with Gasteiger partial charge in [0, 0.05) is 17.0 Å². The van der Waals surface area contributed by atoms with Crippen molar-refractivity contribution in [3.63, 3.8) is 0 Å². The number of halogens is 3. The predicted molar refractivity (Wildman–Crippen MR) is 78.2 cm³/mol. The molecule has 0 aliphatic heterocycles. The minimum atomic E-state index is 0.400. The second-order valence-electron chi connectivity index (χ2n) is 4.34. The fraction of sp³-hybridized carbons (Fsp3) is 0.231. The molecule has 0 atom stereocenters. The van der Waals surface area contributed by atoms with Crippen LogP contribution in [0.25, 0.3) is 0 Å². The van der Waals surface area contributed by atoms with Gasteiger partial charge in [-0.05, 0) is 47.0 Å². The maximum absolute atomic E-state index is 5.99. The topological polar surface area (TPSA) is 35.0 Å². The summed E-state index contributed by atoms with van der Waals surface area (Å²) in [5, 5.41) is 1.04. The molecule has 6 heteroatoms. The molecule has 2 aromatic rings. The first-order valence-corrected chi connectivity index (χ1v) is 7.34. The Kier molecular flexibility index (Phi) is 3.65. The van der Waals surface area contributed by atoms with Gasteiger partial charge in [-0.15, -0.1) is 0 Å². The molecule has 1 aromatic carbocycles. The molecule has 0 radical (unpaired) electrons. The Bertz CT molecular complexity index is 632. The van der Waals surface area contributed by atoms with Gasteiger partial charge in [0.2, 0.25) is 5.88 Å². The van der Waals surface area contributed by atoms with Crippen molar-refractivity contribution in [2.75, 3.05) is 0 Å². The summed E-state index contributed by atoms with van der Waals surface area (Å²) in [5.41, 5.74) is 0. The number of nitrogens with zero attached hydrogens (tertiary/aromatic N) is 2. The van der Waals surface area contributed by atoms with Gasteiger partial charge >= 0.3 is 0 Å². The first-order valence-electron chi connectivity index (χ1n) is 5.79. The van der Waals surface area contributed by atoms with Gasteiger partial charge in [0.15, 0.2) is 0 Å². The molecule has 0 saturated heterocycles. The Hall–Kier alpha value is -0.840. The lowest BCUT2D eigenvalue weighted by molar-refractivity contribution is 0.456. The van der Waals surface area contributed by atoms with E-state index in [2.05, 4.69) is 25.9 Å². The Morgan fingerprint density at radius 2 is 1.95 bits per heavy atom. The van der Waals surface area contributed by atoms with Crippen LogP contribution in [-0.2, 0) is 0 Å². The number of hydrogen-bond acceptors (Lipinski definition) is 3. The lowest BCUT2D eigenvalue weighted by Crippen LogP contribution is -1.96. The number of rotatable bonds is 3. The normalized spacial score (nSPS) is 14.5. The van der Waals surface area contributed by atoms with E-state index in [-0.39, 0.29) is 0 Å². The zero-order valence-electron chi connectivity index (χ0n) is 9.74. The van der Waals surface area contributed by atoms with Crippen LogP contribution in [0.4, 0.5) is 0 Å². The molecule has 1 aliphatic carbocycles. The van der Waals surface area contributed by atoms with Crippen molar-refractivity contribution in [1.29, 1.82) is 0 Å². The van der Waals surface area contributed by atoms with Crippen molar-refractivity contribution in [2.24, 2.45) is 0 Å². The lowest BCUT2D eigenvalue weighted by Gasteiger charge is -2.08. The van der Waals surface area contributed by atoms with Crippen LogP contribution < -0.4 is 4.74 Å². The minimum absolute atomic E-state index is 0.400. The third-order valence-electron chi connectivity index (χ3n) is 2.74. The first kappa shape index (κ1) is 13.2. The van der Waals surface area contributed by atoms with Crippen LogP contribution in [0, 0.1) is 0 Å². The van der Waals surface area contributed by atoms with Crippen molar-refractivity contribution < 1.29 is 4.74 Å². The highest BCUT2D eigenvalue weighted by molar-refractivity contribution is 9.10. The van der Waals surface area contributed by atoms with Crippen molar-refractivity contribution in [1.82, 2.24) is 9.97 Å². The summed E-state index contributed by atoms with van der Waals surface area (Å²) in [6.45, 7) is 0. The average molecular weight is 360 g/mol. The molecular formula is C13H9BrCl2N2O. The summed E-state index contributed by atoms with van der Waals surface area (Å²) < 4.78 is 6.49. The van der Waals surface area contributed by atoms with Gasteiger partial charge in [-0.25, -0.2) is 4.98 Å². The predicted octanol–water partition coefficient (Wildman–Crippen LogP) is 5.22. The van der Waals surface area contributed by atoms with Gasteiger partial charge in [0.1, 0.15) is 16.7 Å². The van der Waals surface area contributed by atoms with Gasteiger partial charge in [0.25, 0.3) is 0 Å². The van der Waals surface area contributed by atoms with Crippen LogP contribution in [0.1, 0.15) is 24.6 Å². The highest BCUT2D eigenvalue weighted by Crippen LogP contribution is 2.39. The summed E-state index contributed by atoms with van der Waals surface area (Å²) in [6, 6.07) is 6.90. The molecular weight excluding hydrogens is 351 g/mol. The van der Waals surface area contributed by atoms with Gasteiger partial charge in [0.05, 0.1) is 4.47 Å². The Balaban J connectivity index is 1.89. The molecule has 0 N–H and O–H groups in total. The molecule has 0 unspecified atom stereocenters. The van der Waals surface area contributed by atoms with Gasteiger partial charge in [-0.3, -0.25) is 0 Å². The minimum Gasteiger partial charge on any atom is -0.438 e. The van der Waals surface area contributed by atoms with Crippen molar-refractivity contribution >= 4 is 39.1 Å². The van der Waals surface area contributed by atoms with E-state index in [1.807, 2.05) is 0 Å². The van der Waals surface area contributed by atoms with Crippen LogP contribution in [0.5, 0.6) is 11.6 Å². The summed E-state index contributed by atoms with van der Waals surface area (Å²) in [5.74, 6) is 2.27. The molecule has 3 nitrogen and oxygen atoms in total. The van der Waals surface area contributed by atoms with Gasteiger partial charge in [-0.1, -0.05) is 23.2 Å². The lowest BCUT2D eigenvalue weighted by atomic mass is 10.3. The zero-order valence-corrected chi connectivity index (χ0v) is 12.8. The average Bonchev–Trinajstić information content (AvgIpc) is 3.16. The maximum Gasteiger partial charge on any atom is 0.224 e. The van der Waals surface area contributed by atoms with E-state index in [9.17, 15) is 0 Å². The second-order valence-corrected chi connectivity index (χ2v) is 6.02. The summed E-state index contributed by atoms with van der Waals surface area (Å²) in [4.78, 5) is 8.60. The Labute approximate surface area is 129 Å². The largest absolute Gasteiger partial charge is 0.438 e. The number of benzene rings is 1. The van der Waals surface area contributed by atoms with E-state index in [0.29, 0.717) is 27.7 Å². The fourth-order valence-corrected chi connectivity index (χ4v) is 2.60. The third kappa shape index (κ3) is 3.19. The van der Waals surface area contributed by atoms with Crippen molar-refractivity contribution in [3.8, 4) is 11.6 Å². The van der Waals surface area contributed by atoms with E-state index in [0.717, 1.165) is 23.1 Å². The third-order valence-corrected chi connectivity index (χ3v) is 3.79. The highest BCUT2D eigenvalue weighted by atomic mass is 79.9. The monoisotopic (exact) mass is 358 g/mol. The van der Waals surface area contributed by atoms with E-state index >= 15 is 0 Å². The van der Waals surface area contributed by atoms with Gasteiger partial charge in [-0.2, -0.15) is 4.98 Å². The van der Waals surface area contributed by atoms with E-state index in [1.165, 1.54) is 0 Å². The first-order chi connectivity index (χ1) is 9.11. The van der Waals surface area contributed by atoms with Crippen LogP contribution in [0.15, 0.2) is 28.7 Å². The molecule has 1 aliphatic rings. The number of ether oxygens (including phenoxy) is 1. The molecule has 98 valence electrons. The zero-order chi connectivity index (χ0) is 13.4. The number of hydrogen-bond donors (Lipinski definition) is 0. The van der Waals surface area contributed by atoms with E-state index in [1.54, 1.807) is 24.3 Å². The second kappa shape index (κ2) is 5.27. The molecule has 3 rings (SSSR count). The van der Waals surface area contributed by atoms with Crippen LogP contribution >= 0.6 is 39.1 Å². The standard InChI is InChI=1S/C13H9BrCl2N2O/c14-9-5-8(15)3-4-10(9)19-12-6-11(16)17-13(18-12)7-1-2-7/h3-7H,1-2H2. The van der Waals surface area contributed by atoms with Crippen LogP contribution in [-0.4, -0.2) is 9.97 Å². The molecule has 1 aromatic heterocycles. The SMILES string of the molecule is Clc1ccc(Oc2cc(Cl)nc(C3CC3)n2)c(Br)c1. The summed E-state index contributed by atoms with van der Waals surface area (Å²) in [7, 11) is 0. The smallest absolute Gasteiger partial charge is 0.224 e.